The van der Waals surface area contributed by atoms with Crippen molar-refractivity contribution in [2.75, 3.05) is 0 Å². The number of alkyl halides is 3. The molecule has 1 unspecified atom stereocenters. The number of carbonyl (C=O) groups excluding carboxylic acids is 1. The summed E-state index contributed by atoms with van der Waals surface area (Å²) in [6, 6.07) is 10.1. The lowest BCUT2D eigenvalue weighted by Gasteiger charge is -2.17. The molecule has 4 rings (SSSR count). The molecule has 7 nitrogen and oxygen atoms in total. The molecule has 38 heavy (non-hydrogen) atoms. The number of carbonyl (C=O) groups is 1. The van der Waals surface area contributed by atoms with E-state index in [2.05, 4.69) is 4.98 Å². The standard InChI is InChI=1S/C26H24F4N4O3S/c1-4-16-11-22-19(12-20(16)27)23(25(31)35)24(34(22)17-7-5-14(2)6-8-17)21-10-9-18(13-32-21)38(36,37)33-15(3)26(28,29)30/h5-13,15,33H,4H2,1-3H3,(H2,31,35). The van der Waals surface area contributed by atoms with Crippen LogP contribution in [-0.4, -0.2) is 36.1 Å². The van der Waals surface area contributed by atoms with Gasteiger partial charge in [-0.05, 0) is 62.2 Å². The molecule has 1 atom stereocenters. The lowest BCUT2D eigenvalue weighted by molar-refractivity contribution is -0.147. The van der Waals surface area contributed by atoms with Gasteiger partial charge in [0, 0.05) is 17.3 Å². The van der Waals surface area contributed by atoms with Gasteiger partial charge in [-0.3, -0.25) is 9.78 Å². The number of benzene rings is 2. The molecule has 2 aromatic heterocycles. The van der Waals surface area contributed by atoms with E-state index in [0.29, 0.717) is 30.1 Å². The topological polar surface area (TPSA) is 107 Å². The second-order valence-corrected chi connectivity index (χ2v) is 10.6. The molecule has 0 fully saturated rings. The monoisotopic (exact) mass is 548 g/mol. The number of nitrogens with zero attached hydrogens (tertiary/aromatic N) is 2. The summed E-state index contributed by atoms with van der Waals surface area (Å²) in [5.41, 5.74) is 8.46. The molecule has 2 heterocycles. The highest BCUT2D eigenvalue weighted by molar-refractivity contribution is 7.89. The maximum absolute atomic E-state index is 14.8. The minimum absolute atomic E-state index is 0.0333. The number of nitrogens with two attached hydrogens (primary N) is 1. The van der Waals surface area contributed by atoms with E-state index in [1.165, 1.54) is 12.1 Å². The average molecular weight is 549 g/mol. The Morgan fingerprint density at radius 1 is 1.13 bits per heavy atom. The van der Waals surface area contributed by atoms with Gasteiger partial charge in [0.15, 0.2) is 0 Å². The van der Waals surface area contributed by atoms with Gasteiger partial charge in [0.2, 0.25) is 10.0 Å². The zero-order valence-corrected chi connectivity index (χ0v) is 21.4. The Labute approximate surface area is 216 Å². The van der Waals surface area contributed by atoms with Gasteiger partial charge in [-0.15, -0.1) is 0 Å². The lowest BCUT2D eigenvalue weighted by Crippen LogP contribution is -2.42. The molecular weight excluding hydrogens is 524 g/mol. The molecule has 0 spiro atoms. The first-order valence-corrected chi connectivity index (χ1v) is 13.0. The van der Waals surface area contributed by atoms with Crippen LogP contribution in [0.15, 0.2) is 59.6 Å². The number of rotatable bonds is 7. The van der Waals surface area contributed by atoms with Gasteiger partial charge < -0.3 is 10.3 Å². The highest BCUT2D eigenvalue weighted by Crippen LogP contribution is 2.37. The van der Waals surface area contributed by atoms with Gasteiger partial charge in [0.05, 0.1) is 22.5 Å². The molecule has 4 aromatic rings. The Morgan fingerprint density at radius 2 is 1.79 bits per heavy atom. The van der Waals surface area contributed by atoms with Crippen LogP contribution in [0, 0.1) is 12.7 Å². The van der Waals surface area contributed by atoms with Crippen molar-refractivity contribution in [3.8, 4) is 17.1 Å². The molecule has 12 heteroatoms. The van der Waals surface area contributed by atoms with E-state index >= 15 is 0 Å². The number of nitrogens with one attached hydrogen (secondary N) is 1. The molecule has 200 valence electrons. The lowest BCUT2D eigenvalue weighted by atomic mass is 10.0. The van der Waals surface area contributed by atoms with Crippen molar-refractivity contribution in [1.82, 2.24) is 14.3 Å². The van der Waals surface area contributed by atoms with Gasteiger partial charge in [0.1, 0.15) is 16.8 Å². The zero-order chi connectivity index (χ0) is 28.0. The van der Waals surface area contributed by atoms with Gasteiger partial charge in [-0.25, -0.2) is 12.8 Å². The number of aryl methyl sites for hydroxylation is 2. The Bertz CT molecular complexity index is 1630. The van der Waals surface area contributed by atoms with Crippen LogP contribution in [0.2, 0.25) is 0 Å². The number of hydrogen-bond acceptors (Lipinski definition) is 4. The van der Waals surface area contributed by atoms with E-state index in [4.69, 9.17) is 5.73 Å². The average Bonchev–Trinajstić information content (AvgIpc) is 3.17. The van der Waals surface area contributed by atoms with Crippen molar-refractivity contribution in [1.29, 1.82) is 0 Å². The first kappa shape index (κ1) is 27.3. The van der Waals surface area contributed by atoms with E-state index in [9.17, 15) is 30.8 Å². The van der Waals surface area contributed by atoms with Crippen LogP contribution in [-0.2, 0) is 16.4 Å². The number of aromatic nitrogens is 2. The normalized spacial score (nSPS) is 13.1. The summed E-state index contributed by atoms with van der Waals surface area (Å²) < 4.78 is 81.8. The minimum atomic E-state index is -4.78. The molecule has 0 aliphatic rings. The SMILES string of the molecule is CCc1cc2c(cc1F)c(C(N)=O)c(-c1ccc(S(=O)(=O)NC(C)C(F)(F)F)cn1)n2-c1ccc(C)cc1. The number of pyridine rings is 1. The predicted octanol–water partition coefficient (Wildman–Crippen LogP) is 5.03. The molecular formula is C26H24F4N4O3S. The first-order chi connectivity index (χ1) is 17.7. The summed E-state index contributed by atoms with van der Waals surface area (Å²) in [7, 11) is -4.55. The predicted molar refractivity (Wildman–Crippen MR) is 135 cm³/mol. The highest BCUT2D eigenvalue weighted by atomic mass is 32.2. The van der Waals surface area contributed by atoms with Gasteiger partial charge in [-0.1, -0.05) is 24.6 Å². The summed E-state index contributed by atoms with van der Waals surface area (Å²) in [5.74, 6) is -1.38. The van der Waals surface area contributed by atoms with E-state index in [-0.39, 0.29) is 22.3 Å². The number of amides is 1. The van der Waals surface area contributed by atoms with Crippen LogP contribution in [0.4, 0.5) is 17.6 Å². The first-order valence-electron chi connectivity index (χ1n) is 11.5. The van der Waals surface area contributed by atoms with Crippen molar-refractivity contribution < 1.29 is 30.8 Å². The second-order valence-electron chi connectivity index (χ2n) is 8.84. The summed E-state index contributed by atoms with van der Waals surface area (Å²) in [6.07, 6.45) is -3.50. The van der Waals surface area contributed by atoms with Crippen LogP contribution >= 0.6 is 0 Å². The molecule has 0 saturated carbocycles. The molecule has 0 aliphatic carbocycles. The van der Waals surface area contributed by atoms with Crippen LogP contribution in [0.3, 0.4) is 0 Å². The van der Waals surface area contributed by atoms with Gasteiger partial charge in [0.25, 0.3) is 5.91 Å². The summed E-state index contributed by atoms with van der Waals surface area (Å²) in [4.78, 5) is 16.3. The Kier molecular flexibility index (Phi) is 7.06. The summed E-state index contributed by atoms with van der Waals surface area (Å²) in [6.45, 7) is 4.36. The van der Waals surface area contributed by atoms with E-state index in [1.807, 2.05) is 19.1 Å². The van der Waals surface area contributed by atoms with E-state index in [1.54, 1.807) is 34.4 Å². The van der Waals surface area contributed by atoms with Crippen molar-refractivity contribution in [2.45, 2.75) is 44.3 Å². The summed E-state index contributed by atoms with van der Waals surface area (Å²) in [5, 5.41) is 0.238. The minimum Gasteiger partial charge on any atom is -0.366 e. The number of primary amides is 1. The number of fused-ring (bicyclic) bond motifs is 1. The highest BCUT2D eigenvalue weighted by Gasteiger charge is 2.39. The number of hydrogen-bond donors (Lipinski definition) is 2. The van der Waals surface area contributed by atoms with Crippen molar-refractivity contribution in [3.05, 3.63) is 77.2 Å². The van der Waals surface area contributed by atoms with Gasteiger partial charge >= 0.3 is 6.18 Å². The largest absolute Gasteiger partial charge is 0.404 e. The number of sulfonamides is 1. The van der Waals surface area contributed by atoms with Crippen molar-refractivity contribution in [3.63, 3.8) is 0 Å². The Morgan fingerprint density at radius 3 is 2.32 bits per heavy atom. The third-order valence-corrected chi connectivity index (χ3v) is 7.69. The molecule has 0 saturated heterocycles. The fourth-order valence-corrected chi connectivity index (χ4v) is 5.30. The molecule has 0 bridgehead atoms. The number of halogens is 4. The van der Waals surface area contributed by atoms with Crippen LogP contribution in [0.1, 0.15) is 35.3 Å². The van der Waals surface area contributed by atoms with E-state index in [0.717, 1.165) is 17.8 Å². The molecule has 0 aliphatic heterocycles. The van der Waals surface area contributed by atoms with Crippen LogP contribution in [0.25, 0.3) is 28.0 Å². The summed E-state index contributed by atoms with van der Waals surface area (Å²) >= 11 is 0. The van der Waals surface area contributed by atoms with Crippen molar-refractivity contribution >= 4 is 26.8 Å². The maximum Gasteiger partial charge on any atom is 0.404 e. The zero-order valence-electron chi connectivity index (χ0n) is 20.6. The Hall–Kier alpha value is -3.77. The quantitative estimate of drug-likeness (QED) is 0.316. The van der Waals surface area contributed by atoms with Crippen LogP contribution in [0.5, 0.6) is 0 Å². The van der Waals surface area contributed by atoms with Crippen molar-refractivity contribution in [2.24, 2.45) is 5.73 Å². The van der Waals surface area contributed by atoms with E-state index < -0.39 is 38.9 Å². The molecule has 3 N–H and O–H groups in total. The molecule has 2 aromatic carbocycles. The smallest absolute Gasteiger partial charge is 0.366 e. The Balaban J connectivity index is 1.96. The fourth-order valence-electron chi connectivity index (χ4n) is 4.12. The fraction of sp³-hybridized carbons (Fsp3) is 0.231. The van der Waals surface area contributed by atoms with Gasteiger partial charge in [-0.2, -0.15) is 17.9 Å². The third-order valence-electron chi connectivity index (χ3n) is 6.17. The molecule has 0 radical (unpaired) electrons. The second kappa shape index (κ2) is 9.84. The maximum atomic E-state index is 14.8. The van der Waals surface area contributed by atoms with Crippen LogP contribution < -0.4 is 10.5 Å². The third kappa shape index (κ3) is 5.01. The molecule has 1 amide bonds.